The van der Waals surface area contributed by atoms with Gasteiger partial charge in [-0.15, -0.1) is 11.8 Å². The van der Waals surface area contributed by atoms with Crippen molar-refractivity contribution in [3.05, 3.63) is 46.0 Å². The Morgan fingerprint density at radius 1 is 1.28 bits per heavy atom. The van der Waals surface area contributed by atoms with Crippen LogP contribution in [0.2, 0.25) is 0 Å². The Labute approximate surface area is 194 Å². The van der Waals surface area contributed by atoms with Crippen LogP contribution in [-0.4, -0.2) is 76.6 Å². The van der Waals surface area contributed by atoms with Gasteiger partial charge in [0.15, 0.2) is 0 Å². The molecule has 2 saturated heterocycles. The number of benzene rings is 1. The number of β-lactam (4-membered cyclic amide) rings is 1. The maximum atomic E-state index is 12.5. The minimum absolute atomic E-state index is 0.0859. The number of quaternary nitrogens is 1. The van der Waals surface area contributed by atoms with Crippen molar-refractivity contribution in [2.45, 2.75) is 50.3 Å². The zero-order valence-corrected chi connectivity index (χ0v) is 20.2. The van der Waals surface area contributed by atoms with Crippen molar-refractivity contribution in [1.29, 1.82) is 0 Å². The van der Waals surface area contributed by atoms with Gasteiger partial charge in [-0.05, 0) is 18.9 Å². The number of rotatable bonds is 7. The first kappa shape index (κ1) is 23.3. The highest BCUT2D eigenvalue weighted by atomic mass is 32.2. The summed E-state index contributed by atoms with van der Waals surface area (Å²) >= 11 is 1.59. The zero-order valence-electron chi connectivity index (χ0n) is 19.4. The highest BCUT2D eigenvalue weighted by molar-refractivity contribution is 8.03. The van der Waals surface area contributed by atoms with Gasteiger partial charge >= 0.3 is 5.97 Å². The molecule has 1 amide bonds. The van der Waals surface area contributed by atoms with E-state index in [2.05, 4.69) is 50.7 Å². The second-order valence-electron chi connectivity index (χ2n) is 10.4. The molecule has 1 aromatic carbocycles. The average Bonchev–Trinajstić information content (AvgIpc) is 3.23. The number of carboxylic acid groups (broad SMARTS) is 1. The molecule has 0 saturated carbocycles. The molecule has 0 unspecified atom stereocenters. The lowest BCUT2D eigenvalue weighted by Gasteiger charge is -2.46. The fraction of sp³-hybridized carbons (Fsp3) is 0.583. The van der Waals surface area contributed by atoms with Crippen molar-refractivity contribution in [2.24, 2.45) is 11.8 Å². The summed E-state index contributed by atoms with van der Waals surface area (Å²) in [5.74, 6) is -1.94. The largest absolute Gasteiger partial charge is 0.477 e. The predicted octanol–water partition coefficient (Wildman–Crippen LogP) is 2.18. The first-order valence-corrected chi connectivity index (χ1v) is 12.1. The maximum Gasteiger partial charge on any atom is 0.353 e. The molecule has 0 bridgehead atoms. The van der Waals surface area contributed by atoms with Gasteiger partial charge in [-0.25, -0.2) is 4.79 Å². The van der Waals surface area contributed by atoms with Crippen molar-refractivity contribution >= 4 is 23.6 Å². The number of aliphatic hydroxyl groups excluding tert-OH is 1. The number of carboxylic acids is 1. The van der Waals surface area contributed by atoms with Crippen molar-refractivity contribution in [1.82, 2.24) is 10.2 Å². The van der Waals surface area contributed by atoms with Crippen LogP contribution in [0.1, 0.15) is 37.4 Å². The predicted molar refractivity (Wildman–Crippen MR) is 125 cm³/mol. The molecule has 0 radical (unpaired) electrons. The van der Waals surface area contributed by atoms with Gasteiger partial charge in [0.1, 0.15) is 12.2 Å². The quantitative estimate of drug-likeness (QED) is 0.427. The van der Waals surface area contributed by atoms with Gasteiger partial charge < -0.3 is 24.9 Å². The van der Waals surface area contributed by atoms with Gasteiger partial charge in [-0.3, -0.25) is 4.79 Å². The van der Waals surface area contributed by atoms with Crippen molar-refractivity contribution < 1.29 is 24.3 Å². The van der Waals surface area contributed by atoms with Gasteiger partial charge in [0.05, 0.1) is 39.2 Å². The lowest BCUT2D eigenvalue weighted by atomic mass is 9.79. The number of hydrogen-bond donors (Lipinski definition) is 3. The summed E-state index contributed by atoms with van der Waals surface area (Å²) in [5, 5.41) is 23.7. The molecule has 8 heteroatoms. The van der Waals surface area contributed by atoms with Gasteiger partial charge in [0.2, 0.25) is 5.91 Å². The van der Waals surface area contributed by atoms with Crippen molar-refractivity contribution in [2.75, 3.05) is 27.7 Å². The van der Waals surface area contributed by atoms with E-state index in [9.17, 15) is 19.8 Å². The maximum absolute atomic E-state index is 12.5. The molecule has 2 fully saturated rings. The third-order valence-corrected chi connectivity index (χ3v) is 8.25. The number of aliphatic hydroxyl groups is 1. The zero-order chi connectivity index (χ0) is 23.4. The SMILES string of the molecule is C[C@@H](O)[C@H]1C(=O)N2C(C(=O)O)=C(S[C@@H]3CN[C@@H](c4ccc(C[N+](C)(C)C)cc4)C3)[C@H](C)[C@H]12. The molecule has 0 aliphatic carbocycles. The molecule has 3 heterocycles. The topological polar surface area (TPSA) is 89.9 Å². The van der Waals surface area contributed by atoms with Crippen molar-refractivity contribution in [3.63, 3.8) is 0 Å². The highest BCUT2D eigenvalue weighted by Crippen LogP contribution is 2.52. The standard InChI is InChI=1S/C24H33N3O4S/c1-13-20-19(14(2)28)23(29)26(20)21(24(30)31)22(13)32-17-10-18(25-11-17)16-8-6-15(7-9-16)12-27(3,4)5/h6-9,13-14,17-20,25,28H,10-12H2,1-5H3/p+1/t13-,14-,17+,18-,19-,20-/m1/s1. The Morgan fingerprint density at radius 2 is 1.94 bits per heavy atom. The van der Waals surface area contributed by atoms with Crippen LogP contribution in [0.25, 0.3) is 0 Å². The molecule has 1 aromatic rings. The van der Waals surface area contributed by atoms with Gasteiger partial charge in [0, 0.05) is 34.2 Å². The number of amides is 1. The third kappa shape index (κ3) is 4.21. The molecule has 174 valence electrons. The van der Waals surface area contributed by atoms with Crippen LogP contribution in [0, 0.1) is 11.8 Å². The van der Waals surface area contributed by atoms with Gasteiger partial charge in [-0.1, -0.05) is 31.2 Å². The van der Waals surface area contributed by atoms with E-state index in [1.807, 2.05) is 6.92 Å². The average molecular weight is 461 g/mol. The van der Waals surface area contributed by atoms with E-state index in [0.29, 0.717) is 0 Å². The molecule has 32 heavy (non-hydrogen) atoms. The fourth-order valence-electron chi connectivity index (χ4n) is 5.31. The Kier molecular flexibility index (Phi) is 6.17. The number of fused-ring (bicyclic) bond motifs is 1. The number of carbonyl (C=O) groups is 2. The molecule has 3 aliphatic rings. The Morgan fingerprint density at radius 3 is 2.50 bits per heavy atom. The molecule has 0 spiro atoms. The highest BCUT2D eigenvalue weighted by Gasteiger charge is 2.60. The molecule has 3 N–H and O–H groups in total. The minimum Gasteiger partial charge on any atom is -0.477 e. The van der Waals surface area contributed by atoms with Gasteiger partial charge in [0.25, 0.3) is 0 Å². The first-order chi connectivity index (χ1) is 15.0. The Hall–Kier alpha value is -1.87. The van der Waals surface area contributed by atoms with Gasteiger partial charge in [-0.2, -0.15) is 0 Å². The van der Waals surface area contributed by atoms with E-state index in [-0.39, 0.29) is 34.9 Å². The number of nitrogens with zero attached hydrogens (tertiary/aromatic N) is 2. The minimum atomic E-state index is -1.06. The molecule has 3 aliphatic heterocycles. The number of nitrogens with one attached hydrogen (secondary N) is 1. The number of hydrogen-bond acceptors (Lipinski definition) is 5. The number of thioether (sulfide) groups is 1. The molecule has 6 atom stereocenters. The van der Waals surface area contributed by atoms with E-state index in [1.54, 1.807) is 18.7 Å². The summed E-state index contributed by atoms with van der Waals surface area (Å²) < 4.78 is 0.884. The summed E-state index contributed by atoms with van der Waals surface area (Å²) in [4.78, 5) is 26.7. The van der Waals surface area contributed by atoms with Crippen LogP contribution >= 0.6 is 11.8 Å². The van der Waals surface area contributed by atoms with Crippen LogP contribution < -0.4 is 5.32 Å². The van der Waals surface area contributed by atoms with E-state index < -0.39 is 18.0 Å². The number of aliphatic carboxylic acids is 1. The molecule has 7 nitrogen and oxygen atoms in total. The first-order valence-electron chi connectivity index (χ1n) is 11.3. The summed E-state index contributed by atoms with van der Waals surface area (Å²) in [6.07, 6.45) is 0.129. The number of carbonyl (C=O) groups excluding carboxylic acids is 1. The Balaban J connectivity index is 1.45. The monoisotopic (exact) mass is 460 g/mol. The summed E-state index contributed by atoms with van der Waals surface area (Å²) in [7, 11) is 6.54. The second-order valence-corrected chi connectivity index (χ2v) is 11.7. The van der Waals surface area contributed by atoms with E-state index >= 15 is 0 Å². The summed E-state index contributed by atoms with van der Waals surface area (Å²) in [5.41, 5.74) is 2.67. The van der Waals surface area contributed by atoms with E-state index in [4.69, 9.17) is 0 Å². The lowest BCUT2D eigenvalue weighted by molar-refractivity contribution is -0.884. The van der Waals surface area contributed by atoms with Crippen LogP contribution in [-0.2, 0) is 16.1 Å². The van der Waals surface area contributed by atoms with Crippen LogP contribution in [0.4, 0.5) is 0 Å². The molecule has 4 rings (SSSR count). The van der Waals surface area contributed by atoms with Crippen LogP contribution in [0.5, 0.6) is 0 Å². The third-order valence-electron chi connectivity index (χ3n) is 6.73. The fourth-order valence-corrected chi connectivity index (χ4v) is 6.79. The normalized spacial score (nSPS) is 31.0. The molecular formula is C24H34N3O4S+. The van der Waals surface area contributed by atoms with Crippen LogP contribution in [0.3, 0.4) is 0 Å². The smallest absolute Gasteiger partial charge is 0.353 e. The van der Waals surface area contributed by atoms with Crippen molar-refractivity contribution in [3.8, 4) is 0 Å². The molecular weight excluding hydrogens is 426 g/mol. The summed E-state index contributed by atoms with van der Waals surface area (Å²) in [6, 6.07) is 8.74. The second kappa shape index (κ2) is 8.48. The Bertz CT molecular complexity index is 938. The van der Waals surface area contributed by atoms with E-state index in [1.165, 1.54) is 16.0 Å². The lowest BCUT2D eigenvalue weighted by Crippen LogP contribution is -2.63. The van der Waals surface area contributed by atoms with Crippen LogP contribution in [0.15, 0.2) is 34.9 Å². The summed E-state index contributed by atoms with van der Waals surface area (Å²) in [6.45, 7) is 5.35. The van der Waals surface area contributed by atoms with E-state index in [0.717, 1.165) is 28.9 Å². The molecule has 0 aromatic heterocycles.